The monoisotopic (exact) mass is 820 g/mol. The van der Waals surface area contributed by atoms with Crippen LogP contribution in [0.5, 0.6) is 0 Å². The van der Waals surface area contributed by atoms with E-state index in [1.807, 2.05) is 0 Å². The Morgan fingerprint density at radius 3 is 1.79 bits per heavy atom. The molecule has 312 valence electrons. The van der Waals surface area contributed by atoms with Gasteiger partial charge >= 0.3 is 0 Å². The molecule has 0 N–H and O–H groups in total. The summed E-state index contributed by atoms with van der Waals surface area (Å²) < 4.78 is 2.91. The maximum atomic E-state index is 2.78. The summed E-state index contributed by atoms with van der Waals surface area (Å²) in [5.41, 5.74) is 24.7. The van der Waals surface area contributed by atoms with Crippen molar-refractivity contribution < 1.29 is 0 Å². The first-order valence-electron chi connectivity index (χ1n) is 23.2. The Balaban J connectivity index is 1.28. The van der Waals surface area contributed by atoms with E-state index >= 15 is 0 Å². The minimum Gasteiger partial charge on any atom is -0.311 e. The number of aryl methyl sites for hydroxylation is 2. The molecule has 5 aromatic carbocycles. The molecule has 0 bridgehead atoms. The molecule has 61 heavy (non-hydrogen) atoms. The third-order valence-corrected chi connectivity index (χ3v) is 17.7. The van der Waals surface area contributed by atoms with E-state index in [1.165, 1.54) is 118 Å². The molecular formula is C57H65BN2S. The van der Waals surface area contributed by atoms with Crippen LogP contribution in [0.4, 0.5) is 34.1 Å². The lowest BCUT2D eigenvalue weighted by molar-refractivity contribution is 0.332. The van der Waals surface area contributed by atoms with Crippen LogP contribution in [-0.4, -0.2) is 6.71 Å². The van der Waals surface area contributed by atoms with Crippen molar-refractivity contribution in [3.63, 3.8) is 0 Å². The third kappa shape index (κ3) is 5.27. The molecule has 3 aliphatic heterocycles. The first kappa shape index (κ1) is 39.6. The molecule has 0 fully saturated rings. The maximum absolute atomic E-state index is 2.78. The van der Waals surface area contributed by atoms with Gasteiger partial charge in [-0.1, -0.05) is 126 Å². The summed E-state index contributed by atoms with van der Waals surface area (Å²) in [5, 5.41) is 1.41. The number of rotatable bonds is 1. The quantitative estimate of drug-likeness (QED) is 0.152. The standard InChI is InChI=1S/C57H65BN2S/c1-32-26-43-47-44(27-32)60-48-33(2)28-35(53(6,7)8)29-41(48)57(15)25-24-54(9,10)38-20-21-42(50(60)46(38)57)58(47)51-49(59(43)36-18-16-34(17-19-36)52(3,4)5)37-30-39-40(31-45(37)61-51)56(13,14)23-22-55(39,11)12/h16-21,26-31H,22-25H2,1-15H3. The van der Waals surface area contributed by atoms with Crippen LogP contribution in [0.1, 0.15) is 166 Å². The molecule has 1 unspecified atom stereocenters. The van der Waals surface area contributed by atoms with E-state index in [-0.39, 0.29) is 39.2 Å². The smallest absolute Gasteiger partial charge is 0.264 e. The van der Waals surface area contributed by atoms with Gasteiger partial charge in [0.05, 0.1) is 11.4 Å². The number of nitrogens with zero attached hydrogens (tertiary/aromatic N) is 2. The van der Waals surface area contributed by atoms with Crippen LogP contribution >= 0.6 is 11.3 Å². The first-order valence-corrected chi connectivity index (χ1v) is 24.0. The third-order valence-electron chi connectivity index (χ3n) is 16.4. The highest BCUT2D eigenvalue weighted by molar-refractivity contribution is 7.33. The van der Waals surface area contributed by atoms with E-state index in [4.69, 9.17) is 0 Å². The predicted octanol–water partition coefficient (Wildman–Crippen LogP) is 14.2. The van der Waals surface area contributed by atoms with Gasteiger partial charge in [-0.05, 0) is 164 Å². The highest BCUT2D eigenvalue weighted by Gasteiger charge is 2.54. The molecule has 0 radical (unpaired) electrons. The Bertz CT molecular complexity index is 2910. The zero-order chi connectivity index (χ0) is 43.3. The van der Waals surface area contributed by atoms with Crippen LogP contribution in [0.2, 0.25) is 0 Å². The number of hydrogen-bond acceptors (Lipinski definition) is 3. The zero-order valence-electron chi connectivity index (χ0n) is 39.6. The molecule has 4 heterocycles. The van der Waals surface area contributed by atoms with Gasteiger partial charge in [-0.2, -0.15) is 0 Å². The van der Waals surface area contributed by atoms with Crippen molar-refractivity contribution in [2.24, 2.45) is 0 Å². The number of fused-ring (bicyclic) bond motifs is 10. The molecule has 0 saturated heterocycles. The molecule has 2 nitrogen and oxygen atoms in total. The summed E-state index contributed by atoms with van der Waals surface area (Å²) in [7, 11) is 0. The minimum absolute atomic E-state index is 0.0504. The van der Waals surface area contributed by atoms with Gasteiger partial charge in [-0.25, -0.2) is 0 Å². The van der Waals surface area contributed by atoms with E-state index in [2.05, 4.69) is 198 Å². The zero-order valence-corrected chi connectivity index (χ0v) is 40.5. The number of thiophene rings is 1. The summed E-state index contributed by atoms with van der Waals surface area (Å²) in [6.45, 7) is 36.5. The second kappa shape index (κ2) is 12.0. The molecule has 1 aromatic heterocycles. The average Bonchev–Trinajstić information content (AvgIpc) is 3.55. The van der Waals surface area contributed by atoms with Gasteiger partial charge in [-0.15, -0.1) is 11.3 Å². The van der Waals surface area contributed by atoms with Crippen LogP contribution < -0.4 is 25.5 Å². The maximum Gasteiger partial charge on any atom is 0.264 e. The van der Waals surface area contributed by atoms with Gasteiger partial charge < -0.3 is 9.80 Å². The first-order chi connectivity index (χ1) is 28.4. The van der Waals surface area contributed by atoms with Crippen molar-refractivity contribution in [2.75, 3.05) is 9.80 Å². The van der Waals surface area contributed by atoms with Gasteiger partial charge in [0.2, 0.25) is 0 Å². The highest BCUT2D eigenvalue weighted by Crippen LogP contribution is 2.62. The van der Waals surface area contributed by atoms with Gasteiger partial charge in [0, 0.05) is 43.0 Å². The summed E-state index contributed by atoms with van der Waals surface area (Å²) >= 11 is 2.08. The fraction of sp³-hybridized carbons (Fsp3) is 0.439. The molecule has 0 amide bonds. The molecule has 4 heteroatoms. The van der Waals surface area contributed by atoms with Gasteiger partial charge in [0.15, 0.2) is 0 Å². The summed E-state index contributed by atoms with van der Waals surface area (Å²) in [4.78, 5) is 5.47. The van der Waals surface area contributed by atoms with E-state index in [1.54, 1.807) is 11.1 Å². The largest absolute Gasteiger partial charge is 0.311 e. The second-order valence-corrected chi connectivity index (χ2v) is 25.3. The van der Waals surface area contributed by atoms with Crippen molar-refractivity contribution in [1.29, 1.82) is 0 Å². The minimum atomic E-state index is -0.0904. The van der Waals surface area contributed by atoms with Gasteiger partial charge in [-0.3, -0.25) is 0 Å². The molecule has 1 atom stereocenters. The van der Waals surface area contributed by atoms with Crippen molar-refractivity contribution in [1.82, 2.24) is 0 Å². The van der Waals surface area contributed by atoms with E-state index in [9.17, 15) is 0 Å². The SMILES string of the molecule is Cc1cc2c3c(c1)N(c1ccc(C(C)(C)C)cc1)c1c(sc4cc5c(cc14)C(C)(C)CCC5(C)C)B3c1ccc3c4c1N2c1c(C)cc(C(C)(C)C)cc1C4(C)CCC3(C)C. The summed E-state index contributed by atoms with van der Waals surface area (Å²) in [6.07, 6.45) is 4.75. The normalized spacial score (nSPS) is 21.1. The van der Waals surface area contributed by atoms with Crippen molar-refractivity contribution >= 4 is 78.0 Å². The second-order valence-electron chi connectivity index (χ2n) is 24.2. The summed E-state index contributed by atoms with van der Waals surface area (Å²) in [5.74, 6) is 0. The van der Waals surface area contributed by atoms with Gasteiger partial charge in [0.1, 0.15) is 0 Å². The Morgan fingerprint density at radius 2 is 1.15 bits per heavy atom. The summed E-state index contributed by atoms with van der Waals surface area (Å²) in [6, 6.07) is 30.2. The van der Waals surface area contributed by atoms with Crippen molar-refractivity contribution in [3.8, 4) is 0 Å². The molecule has 0 saturated carbocycles. The molecule has 5 aliphatic rings. The van der Waals surface area contributed by atoms with E-state index < -0.39 is 0 Å². The molecule has 2 aliphatic carbocycles. The Hall–Kier alpha value is -4.28. The van der Waals surface area contributed by atoms with E-state index in [0.29, 0.717) is 0 Å². The predicted molar refractivity (Wildman–Crippen MR) is 267 cm³/mol. The Labute approximate surface area is 370 Å². The van der Waals surface area contributed by atoms with Crippen molar-refractivity contribution in [3.05, 3.63) is 123 Å². The molecule has 11 rings (SSSR count). The Morgan fingerprint density at radius 1 is 0.557 bits per heavy atom. The number of benzene rings is 5. The van der Waals surface area contributed by atoms with E-state index in [0.717, 1.165) is 6.42 Å². The van der Waals surface area contributed by atoms with Crippen LogP contribution in [0, 0.1) is 13.8 Å². The average molecular weight is 821 g/mol. The lowest BCUT2D eigenvalue weighted by Crippen LogP contribution is -2.62. The van der Waals surface area contributed by atoms with Crippen LogP contribution in [0.15, 0.2) is 72.8 Å². The van der Waals surface area contributed by atoms with Crippen LogP contribution in [0.25, 0.3) is 10.1 Å². The number of anilines is 6. The molecule has 6 aromatic rings. The fourth-order valence-electron chi connectivity index (χ4n) is 12.5. The highest BCUT2D eigenvalue weighted by atomic mass is 32.1. The van der Waals surface area contributed by atoms with Crippen LogP contribution in [-0.2, 0) is 32.5 Å². The lowest BCUT2D eigenvalue weighted by Gasteiger charge is -2.54. The van der Waals surface area contributed by atoms with Crippen molar-refractivity contribution in [2.45, 2.75) is 162 Å². The van der Waals surface area contributed by atoms with Crippen LogP contribution in [0.3, 0.4) is 0 Å². The Kier molecular flexibility index (Phi) is 7.81. The number of hydrogen-bond donors (Lipinski definition) is 0. The lowest BCUT2D eigenvalue weighted by atomic mass is 9.35. The fourth-order valence-corrected chi connectivity index (χ4v) is 13.9. The topological polar surface area (TPSA) is 6.48 Å². The molecular weight excluding hydrogens is 756 g/mol. The molecule has 0 spiro atoms. The van der Waals surface area contributed by atoms with Gasteiger partial charge in [0.25, 0.3) is 6.71 Å².